The number of carbonyl (C=O) groups is 1. The van der Waals surface area contributed by atoms with Crippen LogP contribution in [0.4, 0.5) is 10.5 Å². The van der Waals surface area contributed by atoms with Crippen LogP contribution in [0.15, 0.2) is 30.5 Å². The van der Waals surface area contributed by atoms with E-state index in [0.717, 1.165) is 37.9 Å². The van der Waals surface area contributed by atoms with E-state index in [0.29, 0.717) is 0 Å². The molecule has 1 atom stereocenters. The van der Waals surface area contributed by atoms with Crippen molar-refractivity contribution >= 4 is 11.7 Å². The van der Waals surface area contributed by atoms with Crippen LogP contribution < -0.4 is 10.2 Å². The number of rotatable bonds is 1. The summed E-state index contributed by atoms with van der Waals surface area (Å²) in [5, 5.41) is 7.55. The molecule has 22 heavy (non-hydrogen) atoms. The Morgan fingerprint density at radius 2 is 2.18 bits per heavy atom. The van der Waals surface area contributed by atoms with Gasteiger partial charge in [-0.25, -0.2) is 4.79 Å². The predicted molar refractivity (Wildman–Crippen MR) is 84.9 cm³/mol. The molecule has 1 N–H and O–H groups in total. The molecule has 2 amide bonds. The normalized spacial score (nSPS) is 19.7. The van der Waals surface area contributed by atoms with Gasteiger partial charge in [-0.2, -0.15) is 5.10 Å². The molecule has 5 heteroatoms. The van der Waals surface area contributed by atoms with Gasteiger partial charge in [0.1, 0.15) is 0 Å². The molecule has 4 rings (SSSR count). The van der Waals surface area contributed by atoms with Gasteiger partial charge in [0.15, 0.2) is 0 Å². The van der Waals surface area contributed by atoms with Gasteiger partial charge in [-0.3, -0.25) is 9.58 Å². The minimum Gasteiger partial charge on any atom is -0.331 e. The van der Waals surface area contributed by atoms with Gasteiger partial charge < -0.3 is 5.32 Å². The van der Waals surface area contributed by atoms with E-state index in [1.54, 1.807) is 0 Å². The maximum absolute atomic E-state index is 12.7. The number of nitrogens with one attached hydrogen (secondary N) is 1. The van der Waals surface area contributed by atoms with E-state index in [4.69, 9.17) is 0 Å². The molecule has 0 saturated carbocycles. The Bertz CT molecular complexity index is 721. The topological polar surface area (TPSA) is 50.2 Å². The van der Waals surface area contributed by atoms with Crippen LogP contribution in [0.2, 0.25) is 0 Å². The van der Waals surface area contributed by atoms with Crippen LogP contribution in [-0.4, -0.2) is 22.4 Å². The lowest BCUT2D eigenvalue weighted by molar-refractivity contribution is 0.241. The molecule has 2 heterocycles. The third-order valence-corrected chi connectivity index (χ3v) is 4.81. The number of hydrogen-bond donors (Lipinski definition) is 1. The summed E-state index contributed by atoms with van der Waals surface area (Å²) in [7, 11) is 1.97. The van der Waals surface area contributed by atoms with Gasteiger partial charge in [0.25, 0.3) is 0 Å². The SMILES string of the molecule is Cn1ncc2c1CCCC2NC(=O)N1CCc2ccccc21. The van der Waals surface area contributed by atoms with Gasteiger partial charge in [0, 0.05) is 30.5 Å². The fourth-order valence-corrected chi connectivity index (χ4v) is 3.63. The summed E-state index contributed by atoms with van der Waals surface area (Å²) < 4.78 is 1.93. The zero-order chi connectivity index (χ0) is 15.1. The minimum absolute atomic E-state index is 0.00616. The van der Waals surface area contributed by atoms with Crippen molar-refractivity contribution in [1.29, 1.82) is 0 Å². The van der Waals surface area contributed by atoms with Crippen molar-refractivity contribution in [2.24, 2.45) is 7.05 Å². The lowest BCUT2D eigenvalue weighted by Gasteiger charge is -2.27. The lowest BCUT2D eigenvalue weighted by atomic mass is 9.93. The van der Waals surface area contributed by atoms with Crippen molar-refractivity contribution in [1.82, 2.24) is 15.1 Å². The van der Waals surface area contributed by atoms with E-state index in [1.807, 2.05) is 41.0 Å². The molecule has 0 spiro atoms. The first-order valence-electron chi connectivity index (χ1n) is 7.91. The number of nitrogens with zero attached hydrogens (tertiary/aromatic N) is 3. The number of urea groups is 1. The third-order valence-electron chi connectivity index (χ3n) is 4.81. The molecule has 1 aromatic heterocycles. The largest absolute Gasteiger partial charge is 0.331 e. The standard InChI is InChI=1S/C17H20N4O/c1-20-16-8-4-6-14(13(16)11-18-20)19-17(22)21-10-9-12-5-2-3-7-15(12)21/h2-3,5,7,11,14H,4,6,8-10H2,1H3,(H,19,22). The Kier molecular flexibility index (Phi) is 3.13. The maximum Gasteiger partial charge on any atom is 0.322 e. The summed E-state index contributed by atoms with van der Waals surface area (Å²) in [5.74, 6) is 0. The number of fused-ring (bicyclic) bond motifs is 2. The van der Waals surface area contributed by atoms with Crippen molar-refractivity contribution < 1.29 is 4.79 Å². The number of carbonyl (C=O) groups excluding carboxylic acids is 1. The molecule has 1 aliphatic heterocycles. The lowest BCUT2D eigenvalue weighted by Crippen LogP contribution is -2.41. The first kappa shape index (κ1) is 13.4. The molecule has 0 bridgehead atoms. The summed E-state index contributed by atoms with van der Waals surface area (Å²) in [5.41, 5.74) is 4.72. The van der Waals surface area contributed by atoms with Gasteiger partial charge in [0.2, 0.25) is 0 Å². The summed E-state index contributed by atoms with van der Waals surface area (Å²) in [6.07, 6.45) is 5.96. The second-order valence-electron chi connectivity index (χ2n) is 6.09. The summed E-state index contributed by atoms with van der Waals surface area (Å²) in [6, 6.07) is 8.23. The van der Waals surface area contributed by atoms with E-state index >= 15 is 0 Å². The van der Waals surface area contributed by atoms with Crippen LogP contribution in [0.3, 0.4) is 0 Å². The summed E-state index contributed by atoms with van der Waals surface area (Å²) in [6.45, 7) is 0.762. The molecule has 2 aromatic rings. The fourth-order valence-electron chi connectivity index (χ4n) is 3.63. The Hall–Kier alpha value is -2.30. The maximum atomic E-state index is 12.7. The van der Waals surface area contributed by atoms with Crippen molar-refractivity contribution in [2.45, 2.75) is 31.7 Å². The minimum atomic E-state index is 0.00616. The molecular formula is C17H20N4O. The molecule has 114 valence electrons. The average molecular weight is 296 g/mol. The van der Waals surface area contributed by atoms with Crippen LogP contribution in [0.1, 0.15) is 35.7 Å². The van der Waals surface area contributed by atoms with Gasteiger partial charge >= 0.3 is 6.03 Å². The molecule has 1 aromatic carbocycles. The predicted octanol–water partition coefficient (Wildman–Crippen LogP) is 2.57. The smallest absolute Gasteiger partial charge is 0.322 e. The van der Waals surface area contributed by atoms with Crippen molar-refractivity contribution in [3.05, 3.63) is 47.3 Å². The molecule has 1 unspecified atom stereocenters. The number of aromatic nitrogens is 2. The highest BCUT2D eigenvalue weighted by Crippen LogP contribution is 2.31. The first-order valence-corrected chi connectivity index (χ1v) is 7.91. The van der Waals surface area contributed by atoms with Crippen LogP contribution in [0.5, 0.6) is 0 Å². The van der Waals surface area contributed by atoms with Gasteiger partial charge in [0.05, 0.1) is 12.2 Å². The molecule has 5 nitrogen and oxygen atoms in total. The van der Waals surface area contributed by atoms with Crippen LogP contribution in [0.25, 0.3) is 0 Å². The van der Waals surface area contributed by atoms with E-state index < -0.39 is 0 Å². The number of amides is 2. The van der Waals surface area contributed by atoms with Crippen molar-refractivity contribution in [3.8, 4) is 0 Å². The molecule has 0 radical (unpaired) electrons. The van der Waals surface area contributed by atoms with Gasteiger partial charge in [-0.1, -0.05) is 18.2 Å². The molecule has 2 aliphatic rings. The monoisotopic (exact) mass is 296 g/mol. The Morgan fingerprint density at radius 3 is 3.09 bits per heavy atom. The molecule has 0 saturated heterocycles. The van der Waals surface area contributed by atoms with Crippen molar-refractivity contribution in [2.75, 3.05) is 11.4 Å². The van der Waals surface area contributed by atoms with E-state index in [-0.39, 0.29) is 12.1 Å². The number of para-hydroxylation sites is 1. The summed E-state index contributed by atoms with van der Waals surface area (Å²) >= 11 is 0. The van der Waals surface area contributed by atoms with E-state index in [1.165, 1.54) is 16.8 Å². The molecule has 1 aliphatic carbocycles. The second kappa shape index (κ2) is 5.16. The van der Waals surface area contributed by atoms with Crippen LogP contribution in [-0.2, 0) is 19.9 Å². The number of aryl methyl sites for hydroxylation is 1. The second-order valence-corrected chi connectivity index (χ2v) is 6.09. The highest BCUT2D eigenvalue weighted by atomic mass is 16.2. The van der Waals surface area contributed by atoms with Gasteiger partial charge in [-0.05, 0) is 37.3 Å². The van der Waals surface area contributed by atoms with Crippen LogP contribution >= 0.6 is 0 Å². The number of anilines is 1. The van der Waals surface area contributed by atoms with Crippen molar-refractivity contribution in [3.63, 3.8) is 0 Å². The number of hydrogen-bond acceptors (Lipinski definition) is 2. The third kappa shape index (κ3) is 2.08. The zero-order valence-corrected chi connectivity index (χ0v) is 12.7. The highest BCUT2D eigenvalue weighted by molar-refractivity contribution is 5.94. The van der Waals surface area contributed by atoms with Gasteiger partial charge in [-0.15, -0.1) is 0 Å². The number of benzene rings is 1. The first-order chi connectivity index (χ1) is 10.7. The zero-order valence-electron chi connectivity index (χ0n) is 12.7. The Balaban J connectivity index is 1.54. The van der Waals surface area contributed by atoms with Crippen LogP contribution in [0, 0.1) is 0 Å². The Morgan fingerprint density at radius 1 is 1.32 bits per heavy atom. The highest BCUT2D eigenvalue weighted by Gasteiger charge is 2.29. The Labute approximate surface area is 129 Å². The van der Waals surface area contributed by atoms with E-state index in [9.17, 15) is 4.79 Å². The summed E-state index contributed by atoms with van der Waals surface area (Å²) in [4.78, 5) is 14.5. The fraction of sp³-hybridized carbons (Fsp3) is 0.412. The van der Waals surface area contributed by atoms with E-state index in [2.05, 4.69) is 16.5 Å². The molecular weight excluding hydrogens is 276 g/mol. The average Bonchev–Trinajstić information content (AvgIpc) is 3.12. The molecule has 0 fully saturated rings. The quantitative estimate of drug-likeness (QED) is 0.879.